The zero-order chi connectivity index (χ0) is 96.8. The minimum absolute atomic E-state index is 0.00976. The van der Waals surface area contributed by atoms with Crippen molar-refractivity contribution in [2.75, 3.05) is 70.2 Å². The van der Waals surface area contributed by atoms with Crippen molar-refractivity contribution in [2.45, 2.75) is 179 Å². The van der Waals surface area contributed by atoms with Crippen LogP contribution in [0, 0.1) is 0 Å². The van der Waals surface area contributed by atoms with Gasteiger partial charge < -0.3 is 115 Å². The number of rotatable bonds is 37. The lowest BCUT2D eigenvalue weighted by Gasteiger charge is -2.38. The molecule has 1 fully saturated rings. The molecule has 0 spiro atoms. The monoisotopic (exact) mass is 1860 g/mol. The predicted octanol–water partition coefficient (Wildman–Crippen LogP) is 2.72. The Morgan fingerprint density at radius 1 is 0.652 bits per heavy atom. The lowest BCUT2D eigenvalue weighted by atomic mass is 9.84. The van der Waals surface area contributed by atoms with E-state index in [1.807, 2.05) is 13.8 Å². The van der Waals surface area contributed by atoms with E-state index in [2.05, 4.69) is 38.5 Å². The summed E-state index contributed by atoms with van der Waals surface area (Å²) in [6.07, 6.45) is -8.29. The second-order valence-electron chi connectivity index (χ2n) is 33.2. The minimum Gasteiger partial charge on any atom is -0.490 e. The largest absolute Gasteiger partial charge is 0.514 e. The third-order valence-corrected chi connectivity index (χ3v) is 24.5. The summed E-state index contributed by atoms with van der Waals surface area (Å²) < 4.78 is 47.6. The number of carboxylic acids is 1. The highest BCUT2D eigenvalue weighted by Crippen LogP contribution is 2.45. The first kappa shape index (κ1) is 96.6. The molecule has 9 atom stereocenters. The Morgan fingerprint density at radius 3 is 1.87 bits per heavy atom. The number of nitrogens with two attached hydrogens (primary N) is 1. The summed E-state index contributed by atoms with van der Waals surface area (Å²) >= 11 is 0. The van der Waals surface area contributed by atoms with Crippen LogP contribution in [-0.2, 0) is 135 Å². The van der Waals surface area contributed by atoms with Crippen molar-refractivity contribution < 1.29 is 126 Å². The molecule has 6 aliphatic heterocycles. The number of carbonyl (C=O) groups excluding carboxylic acids is 11. The molecule has 42 heteroatoms. The van der Waals surface area contributed by atoms with Gasteiger partial charge in [0, 0.05) is 84.0 Å². The van der Waals surface area contributed by atoms with Crippen LogP contribution in [0.25, 0.3) is 44.6 Å². The van der Waals surface area contributed by atoms with Crippen molar-refractivity contribution in [3.63, 3.8) is 0 Å². The Bertz CT molecular complexity index is 6260. The van der Waals surface area contributed by atoms with Gasteiger partial charge in [-0.1, -0.05) is 52.5 Å². The van der Waals surface area contributed by atoms with E-state index in [9.17, 15) is 97.8 Å². The maximum absolute atomic E-state index is 14.0. The molecule has 0 saturated carbocycles. The summed E-state index contributed by atoms with van der Waals surface area (Å²) in [6, 6.07) is 21.1. The quantitative estimate of drug-likeness (QED) is 0.00665. The molecule has 42 nitrogen and oxygen atoms in total. The number of aliphatic carboxylic acids is 1. The average molecular weight is 1860 g/mol. The number of carbonyl (C=O) groups is 12. The summed E-state index contributed by atoms with van der Waals surface area (Å²) in [7, 11) is 1.26. The Kier molecular flexibility index (Phi) is 29.3. The first-order valence-electron chi connectivity index (χ1n) is 43.8. The summed E-state index contributed by atoms with van der Waals surface area (Å²) in [5, 5.41) is 81.5. The number of hydrogen-bond donors (Lipinski definition) is 13. The van der Waals surface area contributed by atoms with Gasteiger partial charge in [0.15, 0.2) is 18.4 Å². The van der Waals surface area contributed by atoms with Crippen molar-refractivity contribution in [3.05, 3.63) is 192 Å². The standard InChI is InChI=1S/C93H102N14O28/c1-8-54-56-33-52(20-22-64(56)100-77-58(54)37-106-68(77)35-62-60(85(106)119)44-128-48(6)92(62,126)10-3)132-46-96-90(124)130-43-50-17-24-70(134-88-81(116)79(114)80(115)82(135-88)87(121)122)67(32-50)99-72(109)39-103(7)74(111)27-29-95-71(108)40-104(30-31-105-75(112)25-26-76(105)113)41-73(110)97-47(5)83(117)102-66(14-12-13-28-94)84(118)98-51-18-15-49(16-19-51)42-131-91(125)133-53-21-23-65-57(34-53)55(9-2)59-38-107-69(78(59)101-65)36-63-61(86(107)120)45-129-89(123)93(63,127)11-4/h15-26,32-36,47,66,79-82,88,114-116,126-127H,6,8-14,27-31,37-46,94H2,1-5,7H3,(H,95,108)(H,96,124)(H,97,110)(H,98,118)(H,99,109)(H,102,117)(H,121,122)/t47-,66-,79-,80-,81+,82-,88+,92+,93-/m0/s1. The number of anilines is 2. The van der Waals surface area contributed by atoms with E-state index < -0.39 is 164 Å². The molecular weight excluding hydrogens is 1760 g/mol. The van der Waals surface area contributed by atoms with Crippen LogP contribution in [0.2, 0.25) is 0 Å². The second kappa shape index (κ2) is 41.0. The molecule has 8 aromatic rings. The van der Waals surface area contributed by atoms with E-state index in [1.165, 1.54) is 43.1 Å². The van der Waals surface area contributed by atoms with Crippen LogP contribution in [0.3, 0.4) is 0 Å². The Labute approximate surface area is 769 Å². The zero-order valence-electron chi connectivity index (χ0n) is 74.5. The average Bonchev–Trinajstić information content (AvgIpc) is 1.57. The van der Waals surface area contributed by atoms with Gasteiger partial charge in [-0.25, -0.2) is 29.1 Å². The number of cyclic esters (lactones) is 1. The fraction of sp³-hybridized carbons (Fsp3) is 0.398. The predicted molar refractivity (Wildman–Crippen MR) is 477 cm³/mol. The molecule has 6 aliphatic rings. The first-order valence-corrected chi connectivity index (χ1v) is 43.8. The number of benzene rings is 4. The summed E-state index contributed by atoms with van der Waals surface area (Å²) in [4.78, 5) is 200. The normalized spacial score (nSPS) is 19.2. The number of esters is 1. The van der Waals surface area contributed by atoms with E-state index in [-0.39, 0.29) is 130 Å². The molecule has 0 unspecified atom stereocenters. The number of fused-ring (bicyclic) bond motifs is 10. The highest BCUT2D eigenvalue weighted by molar-refractivity contribution is 6.13. The second-order valence-corrected chi connectivity index (χ2v) is 33.2. The fourth-order valence-corrected chi connectivity index (χ4v) is 17.0. The lowest BCUT2D eigenvalue weighted by molar-refractivity contribution is -0.271. The Hall–Kier alpha value is -14.4. The molecule has 135 heavy (non-hydrogen) atoms. The molecule has 4 aromatic carbocycles. The van der Waals surface area contributed by atoms with Crippen molar-refractivity contribution in [1.82, 2.24) is 55.1 Å². The first-order chi connectivity index (χ1) is 64.5. The maximum Gasteiger partial charge on any atom is 0.514 e. The van der Waals surface area contributed by atoms with Crippen LogP contribution in [0.5, 0.6) is 17.2 Å². The van der Waals surface area contributed by atoms with Gasteiger partial charge in [-0.3, -0.25) is 63.1 Å². The highest BCUT2D eigenvalue weighted by Gasteiger charge is 2.50. The molecule has 14 rings (SSSR count). The molecule has 10 heterocycles. The van der Waals surface area contributed by atoms with Gasteiger partial charge in [0.1, 0.15) is 85.4 Å². The smallest absolute Gasteiger partial charge is 0.490 e. The van der Waals surface area contributed by atoms with E-state index in [0.717, 1.165) is 49.6 Å². The molecule has 0 radical (unpaired) electrons. The van der Waals surface area contributed by atoms with Crippen LogP contribution in [0.1, 0.15) is 129 Å². The number of amides is 9. The van der Waals surface area contributed by atoms with Crippen LogP contribution >= 0.6 is 0 Å². The number of imide groups is 1. The van der Waals surface area contributed by atoms with Gasteiger partial charge in [-0.2, -0.15) is 0 Å². The number of nitrogens with zero attached hydrogens (tertiary/aromatic N) is 7. The molecule has 0 aliphatic carbocycles. The third kappa shape index (κ3) is 20.6. The number of carboxylic acid groups (broad SMARTS) is 1. The summed E-state index contributed by atoms with van der Waals surface area (Å²) in [6.45, 7) is 9.16. The van der Waals surface area contributed by atoms with E-state index in [1.54, 1.807) is 89.7 Å². The van der Waals surface area contributed by atoms with Crippen LogP contribution < -0.4 is 63.0 Å². The van der Waals surface area contributed by atoms with Crippen molar-refractivity contribution >= 4 is 105 Å². The van der Waals surface area contributed by atoms with Crippen molar-refractivity contribution in [3.8, 4) is 40.0 Å². The number of pyridine rings is 4. The van der Waals surface area contributed by atoms with Gasteiger partial charge in [0.05, 0.1) is 83.3 Å². The molecule has 712 valence electrons. The van der Waals surface area contributed by atoms with Crippen LogP contribution in [0.4, 0.5) is 21.0 Å². The van der Waals surface area contributed by atoms with Crippen LogP contribution in [0.15, 0.2) is 125 Å². The molecule has 4 aromatic heterocycles. The third-order valence-electron chi connectivity index (χ3n) is 24.5. The van der Waals surface area contributed by atoms with Crippen molar-refractivity contribution in [1.29, 1.82) is 0 Å². The number of nitrogens with one attached hydrogen (secondary N) is 6. The number of hydrogen-bond acceptors (Lipinski definition) is 31. The number of aromatic nitrogens is 4. The van der Waals surface area contributed by atoms with Gasteiger partial charge >= 0.3 is 24.2 Å². The van der Waals surface area contributed by atoms with Gasteiger partial charge in [-0.15, -0.1) is 0 Å². The minimum atomic E-state index is -2.09. The Balaban J connectivity index is 0.546. The maximum atomic E-state index is 14.0. The number of unbranched alkanes of at least 4 members (excludes halogenated alkanes) is 1. The topological polar surface area (TPSA) is 578 Å². The number of aryl methyl sites for hydroxylation is 2. The fourth-order valence-electron chi connectivity index (χ4n) is 17.0. The Morgan fingerprint density at radius 2 is 1.25 bits per heavy atom. The van der Waals surface area contributed by atoms with Gasteiger partial charge in [0.2, 0.25) is 41.7 Å². The number of aliphatic hydroxyl groups excluding tert-OH is 3. The van der Waals surface area contributed by atoms with Gasteiger partial charge in [-0.05, 0) is 153 Å². The zero-order valence-corrected chi connectivity index (χ0v) is 74.5. The number of alkyl carbamates (subject to hydrolysis) is 1. The van der Waals surface area contributed by atoms with E-state index in [4.69, 9.17) is 53.6 Å². The SMILES string of the molecule is C=C1OCc2c(cc3n(c2=O)Cc2c-3nc3ccc(OCNC(=O)OCc4ccc(O[C@@H]5O[C@H](C(=O)O)[C@@H](O)[C@H](O)[C@H]5O)c(NC(=O)CN(C)C(=O)CCNC(=O)CN(CCN5C(=O)C=CC5=O)CC(=O)N[C@@H](C)C(=O)N[C@@H](CCCCN)C(=O)Nc5ccc(COC(=O)Oc6ccc7nc8c(c(CC)c7c6)Cn6c-8cc7c(c6=O)COC(=O)[C@]7(O)CC)cc5)c4)cc3c2CC)[C@@]1(O)CC. The lowest BCUT2D eigenvalue weighted by Crippen LogP contribution is -2.61. The molecule has 9 amide bonds. The van der Waals surface area contributed by atoms with E-state index >= 15 is 0 Å². The summed E-state index contributed by atoms with van der Waals surface area (Å²) in [5.41, 5.74) is 10.0. The van der Waals surface area contributed by atoms with Crippen molar-refractivity contribution in [2.24, 2.45) is 5.73 Å². The molecule has 14 N–H and O–H groups in total. The van der Waals surface area contributed by atoms with E-state index in [0.29, 0.717) is 93.0 Å². The molecular formula is C93H102N14O28. The van der Waals surface area contributed by atoms with Gasteiger partial charge in [0.25, 0.3) is 22.9 Å². The molecule has 1 saturated heterocycles. The molecule has 0 bridgehead atoms. The summed E-state index contributed by atoms with van der Waals surface area (Å²) in [5.74, 6) is -8.03. The number of aliphatic hydroxyl groups is 5. The highest BCUT2D eigenvalue weighted by atomic mass is 16.7. The number of likely N-dealkylation sites (N-methyl/N-ethyl adjacent to an activating group) is 1. The number of ether oxygens (including phenoxy) is 8. The van der Waals surface area contributed by atoms with Crippen LogP contribution in [-0.4, -0.2) is 238 Å².